The van der Waals surface area contributed by atoms with Crippen LogP contribution in [0.1, 0.15) is 51.8 Å². The first-order valence-corrected chi connectivity index (χ1v) is 14.3. The molecule has 0 bridgehead atoms. The first-order chi connectivity index (χ1) is 20.2. The number of nitriles is 1. The summed E-state index contributed by atoms with van der Waals surface area (Å²) in [7, 11) is 1.54. The van der Waals surface area contributed by atoms with Crippen molar-refractivity contribution in [1.82, 2.24) is 4.57 Å². The van der Waals surface area contributed by atoms with Crippen LogP contribution in [0.5, 0.6) is 23.0 Å². The summed E-state index contributed by atoms with van der Waals surface area (Å²) in [5.41, 5.74) is 1.76. The second-order valence-electron chi connectivity index (χ2n) is 9.47. The van der Waals surface area contributed by atoms with Gasteiger partial charge in [-0.25, -0.2) is 9.79 Å². The van der Waals surface area contributed by atoms with E-state index in [4.69, 9.17) is 28.9 Å². The highest BCUT2D eigenvalue weighted by atomic mass is 32.1. The van der Waals surface area contributed by atoms with Gasteiger partial charge in [0.25, 0.3) is 5.56 Å². The fraction of sp³-hybridized carbons (Fsp3) is 0.355. The first kappa shape index (κ1) is 30.4. The SMILES string of the molecule is CCOC(=O)C1=C(C)N=c2s/c(=C\c3ccc(OCC#N)c(OCC)c3)c(=O)n2[C@H]1c1ccc(OC(C)C)c(OC)c1. The molecule has 0 aliphatic carbocycles. The van der Waals surface area contributed by atoms with E-state index in [-0.39, 0.29) is 30.5 Å². The molecule has 11 heteroatoms. The molecular formula is C31H33N3O7S. The van der Waals surface area contributed by atoms with Gasteiger partial charge in [-0.1, -0.05) is 23.5 Å². The van der Waals surface area contributed by atoms with Gasteiger partial charge in [-0.15, -0.1) is 0 Å². The van der Waals surface area contributed by atoms with Crippen LogP contribution in [0.4, 0.5) is 0 Å². The van der Waals surface area contributed by atoms with Gasteiger partial charge in [0, 0.05) is 0 Å². The molecule has 4 rings (SSSR count). The number of esters is 1. The Bertz CT molecular complexity index is 1730. The maximum Gasteiger partial charge on any atom is 0.338 e. The molecule has 0 saturated carbocycles. The lowest BCUT2D eigenvalue weighted by Crippen LogP contribution is -2.40. The lowest BCUT2D eigenvalue weighted by Gasteiger charge is -2.25. The van der Waals surface area contributed by atoms with E-state index in [1.807, 2.05) is 32.9 Å². The molecule has 0 fully saturated rings. The predicted octanol–water partition coefficient (Wildman–Crippen LogP) is 3.90. The lowest BCUT2D eigenvalue weighted by atomic mass is 9.95. The maximum absolute atomic E-state index is 14.0. The monoisotopic (exact) mass is 591 g/mol. The fourth-order valence-electron chi connectivity index (χ4n) is 4.58. The number of carbonyl (C=O) groups is 1. The van der Waals surface area contributed by atoms with Crippen LogP contribution in [-0.4, -0.2) is 43.6 Å². The third kappa shape index (κ3) is 6.34. The molecule has 2 heterocycles. The number of fused-ring (bicyclic) bond motifs is 1. The first-order valence-electron chi connectivity index (χ1n) is 13.5. The van der Waals surface area contributed by atoms with Crippen molar-refractivity contribution in [2.24, 2.45) is 4.99 Å². The number of hydrogen-bond acceptors (Lipinski definition) is 10. The third-order valence-electron chi connectivity index (χ3n) is 6.24. The molecule has 1 aromatic heterocycles. The Hall–Kier alpha value is -4.56. The van der Waals surface area contributed by atoms with Gasteiger partial charge >= 0.3 is 5.97 Å². The number of ether oxygens (including phenoxy) is 5. The number of thiazole rings is 1. The van der Waals surface area contributed by atoms with Crippen molar-refractivity contribution >= 4 is 23.4 Å². The Morgan fingerprint density at radius 1 is 1.10 bits per heavy atom. The Kier molecular flexibility index (Phi) is 9.70. The van der Waals surface area contributed by atoms with Crippen molar-refractivity contribution in [1.29, 1.82) is 5.26 Å². The molecule has 1 aliphatic heterocycles. The molecule has 3 aromatic rings. The standard InChI is InChI=1S/C31H33N3O7S/c1-7-38-25-15-20(9-11-22(25)40-14-13-32)16-26-29(35)34-28(21-10-12-23(41-18(3)4)24(17-21)37-6)27(30(36)39-8-2)19(5)33-31(34)42-26/h9-12,15-18,28H,7-8,14H2,1-6H3/b26-16-/t28-/m0/s1. The third-order valence-corrected chi connectivity index (χ3v) is 7.22. The summed E-state index contributed by atoms with van der Waals surface area (Å²) in [6.45, 7) is 9.60. The molecule has 1 aliphatic rings. The second kappa shape index (κ2) is 13.4. The van der Waals surface area contributed by atoms with Crippen LogP contribution in [0.25, 0.3) is 6.08 Å². The van der Waals surface area contributed by atoms with Gasteiger partial charge in [0.1, 0.15) is 6.07 Å². The van der Waals surface area contributed by atoms with E-state index in [0.29, 0.717) is 55.8 Å². The Labute approximate surface area is 247 Å². The molecule has 0 N–H and O–H groups in total. The number of hydrogen-bond donors (Lipinski definition) is 0. The summed E-state index contributed by atoms with van der Waals surface area (Å²) in [6.07, 6.45) is 1.66. The van der Waals surface area contributed by atoms with E-state index in [1.54, 1.807) is 50.3 Å². The van der Waals surface area contributed by atoms with Crippen molar-refractivity contribution in [3.63, 3.8) is 0 Å². The Morgan fingerprint density at radius 3 is 2.52 bits per heavy atom. The van der Waals surface area contributed by atoms with E-state index in [0.717, 1.165) is 0 Å². The zero-order chi connectivity index (χ0) is 30.4. The zero-order valence-corrected chi connectivity index (χ0v) is 25.2. The lowest BCUT2D eigenvalue weighted by molar-refractivity contribution is -0.139. The van der Waals surface area contributed by atoms with Gasteiger partial charge < -0.3 is 23.7 Å². The van der Waals surface area contributed by atoms with E-state index in [9.17, 15) is 9.59 Å². The van der Waals surface area contributed by atoms with Crippen LogP contribution in [0.3, 0.4) is 0 Å². The molecule has 1 atom stereocenters. The van der Waals surface area contributed by atoms with Gasteiger partial charge in [0.2, 0.25) is 0 Å². The van der Waals surface area contributed by atoms with E-state index in [2.05, 4.69) is 4.99 Å². The number of nitrogens with zero attached hydrogens (tertiary/aromatic N) is 3. The van der Waals surface area contributed by atoms with Gasteiger partial charge in [0.05, 0.1) is 48.3 Å². The Balaban J connectivity index is 1.89. The molecule has 2 aromatic carbocycles. The second-order valence-corrected chi connectivity index (χ2v) is 10.5. The van der Waals surface area contributed by atoms with Crippen LogP contribution >= 0.6 is 11.3 Å². The molecule has 0 spiro atoms. The van der Waals surface area contributed by atoms with E-state index < -0.39 is 12.0 Å². The molecular weight excluding hydrogens is 558 g/mol. The van der Waals surface area contributed by atoms with Crippen LogP contribution in [-0.2, 0) is 9.53 Å². The molecule has 42 heavy (non-hydrogen) atoms. The van der Waals surface area contributed by atoms with Crippen molar-refractivity contribution in [3.8, 4) is 29.1 Å². The van der Waals surface area contributed by atoms with Gasteiger partial charge in [-0.3, -0.25) is 9.36 Å². The highest BCUT2D eigenvalue weighted by Crippen LogP contribution is 2.36. The highest BCUT2D eigenvalue weighted by Gasteiger charge is 2.34. The maximum atomic E-state index is 14.0. The number of allylic oxidation sites excluding steroid dienone is 1. The Morgan fingerprint density at radius 2 is 1.86 bits per heavy atom. The number of aromatic nitrogens is 1. The van der Waals surface area contributed by atoms with E-state index in [1.165, 1.54) is 23.0 Å². The smallest absolute Gasteiger partial charge is 0.338 e. The zero-order valence-electron chi connectivity index (χ0n) is 24.4. The normalized spacial score (nSPS) is 14.6. The van der Waals surface area contributed by atoms with Crippen LogP contribution in [0, 0.1) is 11.3 Å². The summed E-state index contributed by atoms with van der Waals surface area (Å²) in [6, 6.07) is 11.7. The largest absolute Gasteiger partial charge is 0.493 e. The quantitative estimate of drug-likeness (QED) is 0.308. The number of benzene rings is 2. The average molecular weight is 592 g/mol. The minimum absolute atomic E-state index is 0.0742. The van der Waals surface area contributed by atoms with Gasteiger partial charge in [-0.2, -0.15) is 5.26 Å². The summed E-state index contributed by atoms with van der Waals surface area (Å²) in [5, 5.41) is 8.88. The van der Waals surface area contributed by atoms with Crippen molar-refractivity contribution < 1.29 is 28.5 Å². The topological polar surface area (TPSA) is 121 Å². The minimum atomic E-state index is -0.801. The molecule has 0 amide bonds. The highest BCUT2D eigenvalue weighted by molar-refractivity contribution is 7.07. The summed E-state index contributed by atoms with van der Waals surface area (Å²) in [4.78, 5) is 32.3. The fourth-order valence-corrected chi connectivity index (χ4v) is 5.62. The van der Waals surface area contributed by atoms with Crippen molar-refractivity contribution in [2.45, 2.75) is 46.8 Å². The van der Waals surface area contributed by atoms with Crippen molar-refractivity contribution in [2.75, 3.05) is 26.9 Å². The number of carbonyl (C=O) groups excluding carboxylic acids is 1. The summed E-state index contributed by atoms with van der Waals surface area (Å²) < 4.78 is 30.0. The van der Waals surface area contributed by atoms with Gasteiger partial charge in [0.15, 0.2) is 34.4 Å². The molecule has 10 nitrogen and oxygen atoms in total. The summed E-state index contributed by atoms with van der Waals surface area (Å²) in [5.74, 6) is 1.38. The van der Waals surface area contributed by atoms with Crippen molar-refractivity contribution in [3.05, 3.63) is 78.5 Å². The minimum Gasteiger partial charge on any atom is -0.493 e. The number of methoxy groups -OCH3 is 1. The average Bonchev–Trinajstić information content (AvgIpc) is 3.26. The molecule has 220 valence electrons. The van der Waals surface area contributed by atoms with Gasteiger partial charge in [-0.05, 0) is 76.1 Å². The summed E-state index contributed by atoms with van der Waals surface area (Å²) >= 11 is 1.22. The predicted molar refractivity (Wildman–Crippen MR) is 158 cm³/mol. The molecule has 0 saturated heterocycles. The van der Waals surface area contributed by atoms with E-state index >= 15 is 0 Å². The number of rotatable bonds is 11. The molecule has 0 unspecified atom stereocenters. The van der Waals surface area contributed by atoms with Crippen LogP contribution < -0.4 is 33.8 Å². The van der Waals surface area contributed by atoms with Crippen LogP contribution in [0.2, 0.25) is 0 Å². The molecule has 0 radical (unpaired) electrons. The van der Waals surface area contributed by atoms with Crippen LogP contribution in [0.15, 0.2) is 57.5 Å².